The molecular weight excluding hydrogens is 400 g/mol. The van der Waals surface area contributed by atoms with Gasteiger partial charge >= 0.3 is 0 Å². The highest BCUT2D eigenvalue weighted by atomic mass is 35.5. The molecule has 30 heavy (non-hydrogen) atoms. The lowest BCUT2D eigenvalue weighted by Crippen LogP contribution is -2.53. The van der Waals surface area contributed by atoms with Crippen LogP contribution in [0.4, 0.5) is 0 Å². The monoisotopic (exact) mass is 430 g/mol. The molecule has 0 saturated heterocycles. The first-order chi connectivity index (χ1) is 14.1. The van der Waals surface area contributed by atoms with Gasteiger partial charge in [-0.2, -0.15) is 0 Å². The van der Waals surface area contributed by atoms with E-state index >= 15 is 0 Å². The van der Waals surface area contributed by atoms with Gasteiger partial charge in [0.25, 0.3) is 5.91 Å². The van der Waals surface area contributed by atoms with Crippen LogP contribution >= 0.6 is 11.6 Å². The van der Waals surface area contributed by atoms with Gasteiger partial charge in [0.05, 0.1) is 0 Å². The van der Waals surface area contributed by atoms with Gasteiger partial charge in [0.15, 0.2) is 6.61 Å². The molecule has 0 saturated carbocycles. The zero-order valence-corrected chi connectivity index (χ0v) is 19.1. The lowest BCUT2D eigenvalue weighted by atomic mass is 10.1. The summed E-state index contributed by atoms with van der Waals surface area (Å²) in [6.45, 7) is 9.64. The Kier molecular flexibility index (Phi) is 8.30. The van der Waals surface area contributed by atoms with Crippen LogP contribution in [-0.4, -0.2) is 41.4 Å². The van der Waals surface area contributed by atoms with Crippen molar-refractivity contribution in [3.8, 4) is 5.75 Å². The van der Waals surface area contributed by atoms with E-state index in [1.165, 1.54) is 0 Å². The van der Waals surface area contributed by atoms with Gasteiger partial charge in [0, 0.05) is 17.1 Å². The van der Waals surface area contributed by atoms with Crippen molar-refractivity contribution >= 4 is 23.4 Å². The molecule has 2 rings (SSSR count). The molecule has 5 nitrogen and oxygen atoms in total. The standard InChI is InChI=1S/C24H31ClN2O3/c1-17-15-20(11-12-21(17)25)30-16-22(28)27(14-13-19-9-7-6-8-10-19)18(2)23(29)26-24(3,4)5/h6-12,15,18H,13-14,16H2,1-5H3,(H,26,29)/t18-/m1/s1. The Bertz CT molecular complexity index is 862. The Balaban J connectivity index is 2.10. The van der Waals surface area contributed by atoms with Crippen molar-refractivity contribution in [2.75, 3.05) is 13.2 Å². The molecule has 0 fully saturated rings. The Labute approximate surface area is 184 Å². The summed E-state index contributed by atoms with van der Waals surface area (Å²) in [7, 11) is 0. The summed E-state index contributed by atoms with van der Waals surface area (Å²) in [6.07, 6.45) is 0.653. The van der Waals surface area contributed by atoms with Crippen molar-refractivity contribution in [3.05, 3.63) is 64.7 Å². The van der Waals surface area contributed by atoms with Crippen molar-refractivity contribution in [1.82, 2.24) is 10.2 Å². The minimum Gasteiger partial charge on any atom is -0.484 e. The number of halogens is 1. The second-order valence-corrected chi connectivity index (χ2v) is 8.84. The van der Waals surface area contributed by atoms with Gasteiger partial charge in [-0.3, -0.25) is 9.59 Å². The summed E-state index contributed by atoms with van der Waals surface area (Å²) >= 11 is 6.05. The highest BCUT2D eigenvalue weighted by Gasteiger charge is 2.28. The fourth-order valence-electron chi connectivity index (χ4n) is 2.98. The number of nitrogens with one attached hydrogen (secondary N) is 1. The maximum Gasteiger partial charge on any atom is 0.261 e. The van der Waals surface area contributed by atoms with Gasteiger partial charge in [0.1, 0.15) is 11.8 Å². The molecule has 0 radical (unpaired) electrons. The maximum absolute atomic E-state index is 13.0. The Morgan fingerprint density at radius 1 is 1.13 bits per heavy atom. The highest BCUT2D eigenvalue weighted by Crippen LogP contribution is 2.21. The fraction of sp³-hybridized carbons (Fsp3) is 0.417. The van der Waals surface area contributed by atoms with Crippen LogP contribution in [0.2, 0.25) is 5.02 Å². The van der Waals surface area contributed by atoms with Gasteiger partial charge in [-0.1, -0.05) is 41.9 Å². The molecule has 6 heteroatoms. The Hall–Kier alpha value is -2.53. The fourth-order valence-corrected chi connectivity index (χ4v) is 3.10. The second-order valence-electron chi connectivity index (χ2n) is 8.44. The zero-order chi connectivity index (χ0) is 22.3. The van der Waals surface area contributed by atoms with E-state index in [4.69, 9.17) is 16.3 Å². The first-order valence-corrected chi connectivity index (χ1v) is 10.5. The molecule has 2 aromatic rings. The van der Waals surface area contributed by atoms with Gasteiger partial charge in [-0.05, 0) is 70.4 Å². The molecule has 0 aromatic heterocycles. The summed E-state index contributed by atoms with van der Waals surface area (Å²) in [4.78, 5) is 27.3. The van der Waals surface area contributed by atoms with Crippen molar-refractivity contribution in [2.24, 2.45) is 0 Å². The van der Waals surface area contributed by atoms with E-state index in [1.54, 1.807) is 30.0 Å². The third-order valence-electron chi connectivity index (χ3n) is 4.64. The summed E-state index contributed by atoms with van der Waals surface area (Å²) in [6, 6.07) is 14.5. The molecule has 0 aliphatic heterocycles. The number of rotatable bonds is 8. The largest absolute Gasteiger partial charge is 0.484 e. The molecule has 1 atom stereocenters. The van der Waals surface area contributed by atoms with Crippen LogP contribution in [-0.2, 0) is 16.0 Å². The summed E-state index contributed by atoms with van der Waals surface area (Å²) in [5.74, 6) is 0.140. The number of hydrogen-bond acceptors (Lipinski definition) is 3. The molecule has 2 amide bonds. The van der Waals surface area contributed by atoms with Crippen LogP contribution in [0.5, 0.6) is 5.75 Å². The lowest BCUT2D eigenvalue weighted by Gasteiger charge is -2.31. The van der Waals surface area contributed by atoms with E-state index in [0.717, 1.165) is 11.1 Å². The average molecular weight is 431 g/mol. The van der Waals surface area contributed by atoms with E-state index in [-0.39, 0.29) is 24.0 Å². The predicted molar refractivity (Wildman–Crippen MR) is 121 cm³/mol. The van der Waals surface area contributed by atoms with Gasteiger partial charge < -0.3 is 15.0 Å². The quantitative estimate of drug-likeness (QED) is 0.675. The maximum atomic E-state index is 13.0. The van der Waals surface area contributed by atoms with Crippen LogP contribution in [0, 0.1) is 6.92 Å². The van der Waals surface area contributed by atoms with E-state index in [1.807, 2.05) is 58.0 Å². The minimum atomic E-state index is -0.615. The predicted octanol–water partition coefficient (Wildman–Crippen LogP) is 4.40. The van der Waals surface area contributed by atoms with Crippen LogP contribution in [0.15, 0.2) is 48.5 Å². The molecule has 162 valence electrons. The van der Waals surface area contributed by atoms with Gasteiger partial charge in [0.2, 0.25) is 5.91 Å². The van der Waals surface area contributed by atoms with E-state index < -0.39 is 6.04 Å². The average Bonchev–Trinajstić information content (AvgIpc) is 2.68. The summed E-state index contributed by atoms with van der Waals surface area (Å²) in [5.41, 5.74) is 1.60. The molecule has 0 aliphatic rings. The van der Waals surface area contributed by atoms with Gasteiger partial charge in [-0.15, -0.1) is 0 Å². The van der Waals surface area contributed by atoms with Crippen molar-refractivity contribution in [2.45, 2.75) is 52.6 Å². The molecular formula is C24H31ClN2O3. The second kappa shape index (κ2) is 10.5. The van der Waals surface area contributed by atoms with Crippen molar-refractivity contribution in [1.29, 1.82) is 0 Å². The molecule has 2 aromatic carbocycles. The number of aryl methyl sites for hydroxylation is 1. The first-order valence-electron chi connectivity index (χ1n) is 10.1. The molecule has 1 N–H and O–H groups in total. The number of hydrogen-bond donors (Lipinski definition) is 1. The number of ether oxygens (including phenoxy) is 1. The molecule has 0 spiro atoms. The smallest absolute Gasteiger partial charge is 0.261 e. The molecule has 0 bridgehead atoms. The minimum absolute atomic E-state index is 0.150. The highest BCUT2D eigenvalue weighted by molar-refractivity contribution is 6.31. The zero-order valence-electron chi connectivity index (χ0n) is 18.4. The van der Waals surface area contributed by atoms with Crippen LogP contribution < -0.4 is 10.1 Å². The molecule has 0 aliphatic carbocycles. The summed E-state index contributed by atoms with van der Waals surface area (Å²) in [5, 5.41) is 3.60. The van der Waals surface area contributed by atoms with Gasteiger partial charge in [-0.25, -0.2) is 0 Å². The van der Waals surface area contributed by atoms with Crippen LogP contribution in [0.1, 0.15) is 38.8 Å². The number of amides is 2. The SMILES string of the molecule is Cc1cc(OCC(=O)N(CCc2ccccc2)[C@H](C)C(=O)NC(C)(C)C)ccc1Cl. The molecule has 0 unspecified atom stereocenters. The van der Waals surface area contributed by atoms with Crippen LogP contribution in [0.3, 0.4) is 0 Å². The number of benzene rings is 2. The van der Waals surface area contributed by atoms with Crippen LogP contribution in [0.25, 0.3) is 0 Å². The number of carbonyl (C=O) groups excluding carboxylic acids is 2. The topological polar surface area (TPSA) is 58.6 Å². The normalized spacial score (nSPS) is 12.2. The Morgan fingerprint density at radius 2 is 1.80 bits per heavy atom. The lowest BCUT2D eigenvalue weighted by molar-refractivity contribution is -0.142. The Morgan fingerprint density at radius 3 is 2.40 bits per heavy atom. The third-order valence-corrected chi connectivity index (χ3v) is 5.07. The number of carbonyl (C=O) groups is 2. The van der Waals surface area contributed by atoms with Crippen molar-refractivity contribution < 1.29 is 14.3 Å². The van der Waals surface area contributed by atoms with E-state index in [9.17, 15) is 9.59 Å². The van der Waals surface area contributed by atoms with E-state index in [0.29, 0.717) is 23.7 Å². The number of nitrogens with zero attached hydrogens (tertiary/aromatic N) is 1. The van der Waals surface area contributed by atoms with Crippen molar-refractivity contribution in [3.63, 3.8) is 0 Å². The third kappa shape index (κ3) is 7.38. The van der Waals surface area contributed by atoms with E-state index in [2.05, 4.69) is 5.32 Å². The first kappa shape index (κ1) is 23.7. The summed E-state index contributed by atoms with van der Waals surface area (Å²) < 4.78 is 5.69. The molecule has 0 heterocycles.